The number of carbonyl (C=O) groups excluding carboxylic acids is 2. The number of ether oxygens (including phenoxy) is 2. The first-order valence-corrected chi connectivity index (χ1v) is 11.4. The summed E-state index contributed by atoms with van der Waals surface area (Å²) in [7, 11) is 3.32. The van der Waals surface area contributed by atoms with Gasteiger partial charge in [-0.3, -0.25) is 14.5 Å². The summed E-state index contributed by atoms with van der Waals surface area (Å²) in [5.74, 6) is 1.38. The zero-order chi connectivity index (χ0) is 24.0. The lowest BCUT2D eigenvalue weighted by Crippen LogP contribution is -2.56. The minimum Gasteiger partial charge on any atom is -0.497 e. The molecular formula is C26H35N3O4. The highest BCUT2D eigenvalue weighted by Gasteiger charge is 2.31. The van der Waals surface area contributed by atoms with Crippen molar-refractivity contribution in [2.75, 3.05) is 40.4 Å². The van der Waals surface area contributed by atoms with E-state index in [1.807, 2.05) is 62.1 Å². The zero-order valence-corrected chi connectivity index (χ0v) is 20.3. The Hall–Kier alpha value is -3.06. The zero-order valence-electron chi connectivity index (χ0n) is 20.3. The molecule has 33 heavy (non-hydrogen) atoms. The van der Waals surface area contributed by atoms with E-state index < -0.39 is 6.04 Å². The second kappa shape index (κ2) is 11.2. The molecule has 1 heterocycles. The van der Waals surface area contributed by atoms with Gasteiger partial charge < -0.3 is 19.7 Å². The minimum absolute atomic E-state index is 0.00895. The van der Waals surface area contributed by atoms with Gasteiger partial charge in [-0.25, -0.2) is 0 Å². The fourth-order valence-corrected chi connectivity index (χ4v) is 4.09. The van der Waals surface area contributed by atoms with Gasteiger partial charge in [0, 0.05) is 43.9 Å². The molecule has 1 unspecified atom stereocenters. The topological polar surface area (TPSA) is 71.1 Å². The predicted octanol–water partition coefficient (Wildman–Crippen LogP) is 3.11. The Kier molecular flexibility index (Phi) is 8.33. The van der Waals surface area contributed by atoms with Crippen molar-refractivity contribution in [2.24, 2.45) is 5.92 Å². The Morgan fingerprint density at radius 3 is 2.33 bits per heavy atom. The van der Waals surface area contributed by atoms with E-state index in [2.05, 4.69) is 10.2 Å². The van der Waals surface area contributed by atoms with E-state index in [1.54, 1.807) is 20.3 Å². The van der Waals surface area contributed by atoms with Crippen LogP contribution in [0.25, 0.3) is 0 Å². The van der Waals surface area contributed by atoms with Gasteiger partial charge in [0.2, 0.25) is 5.91 Å². The number of hydrogen-bond donors (Lipinski definition) is 1. The number of methoxy groups -OCH3 is 2. The molecule has 0 saturated carbocycles. The normalized spacial score (nSPS) is 15.3. The molecule has 178 valence electrons. The molecule has 1 aliphatic heterocycles. The quantitative estimate of drug-likeness (QED) is 0.665. The van der Waals surface area contributed by atoms with Crippen LogP contribution in [-0.2, 0) is 11.3 Å². The summed E-state index contributed by atoms with van der Waals surface area (Å²) in [5.41, 5.74) is 2.64. The molecule has 3 rings (SSSR count). The van der Waals surface area contributed by atoms with E-state index in [4.69, 9.17) is 9.47 Å². The molecule has 1 atom stereocenters. The highest BCUT2D eigenvalue weighted by atomic mass is 16.5. The van der Waals surface area contributed by atoms with Crippen LogP contribution in [0.2, 0.25) is 0 Å². The lowest BCUT2D eigenvalue weighted by atomic mass is 10.0. The van der Waals surface area contributed by atoms with Crippen molar-refractivity contribution in [1.29, 1.82) is 0 Å². The van der Waals surface area contributed by atoms with E-state index in [-0.39, 0.29) is 17.7 Å². The molecule has 0 aromatic heterocycles. The first-order chi connectivity index (χ1) is 15.8. The van der Waals surface area contributed by atoms with Crippen molar-refractivity contribution < 1.29 is 19.1 Å². The number of hydrogen-bond acceptors (Lipinski definition) is 5. The van der Waals surface area contributed by atoms with Crippen molar-refractivity contribution in [3.05, 3.63) is 59.2 Å². The number of nitrogens with one attached hydrogen (secondary N) is 1. The van der Waals surface area contributed by atoms with Gasteiger partial charge in [-0.05, 0) is 43.2 Å². The van der Waals surface area contributed by atoms with Gasteiger partial charge >= 0.3 is 0 Å². The fraction of sp³-hybridized carbons (Fsp3) is 0.462. The molecule has 1 saturated heterocycles. The maximum absolute atomic E-state index is 13.3. The second-order valence-corrected chi connectivity index (χ2v) is 8.84. The Morgan fingerprint density at radius 1 is 1.00 bits per heavy atom. The molecule has 0 spiro atoms. The lowest BCUT2D eigenvalue weighted by molar-refractivity contribution is -0.136. The Labute approximate surface area is 196 Å². The number of nitrogens with zero attached hydrogens (tertiary/aromatic N) is 2. The van der Waals surface area contributed by atoms with Crippen LogP contribution in [0.5, 0.6) is 11.5 Å². The van der Waals surface area contributed by atoms with Gasteiger partial charge in [-0.1, -0.05) is 31.5 Å². The number of piperazine rings is 1. The molecule has 1 aliphatic rings. The average Bonchev–Trinajstić information content (AvgIpc) is 2.82. The smallest absolute Gasteiger partial charge is 0.251 e. The molecule has 2 aromatic carbocycles. The van der Waals surface area contributed by atoms with Crippen LogP contribution in [0.1, 0.15) is 35.3 Å². The van der Waals surface area contributed by atoms with Crippen LogP contribution in [-0.4, -0.2) is 68.1 Å². The Morgan fingerprint density at radius 2 is 1.73 bits per heavy atom. The van der Waals surface area contributed by atoms with Crippen molar-refractivity contribution in [3.8, 4) is 11.5 Å². The van der Waals surface area contributed by atoms with Gasteiger partial charge in [0.05, 0.1) is 14.2 Å². The van der Waals surface area contributed by atoms with Crippen LogP contribution in [0, 0.1) is 12.8 Å². The standard InChI is InChI=1S/C26H35N3O4/c1-18(2)24(27-25(30)20-8-6-7-19(3)15-20)26(31)29-13-11-28(12-14-29)17-21-16-22(32-4)9-10-23(21)33-5/h6-10,15-16,18,24H,11-14,17H2,1-5H3,(H,27,30). The summed E-state index contributed by atoms with van der Waals surface area (Å²) in [6, 6.07) is 12.6. The first-order valence-electron chi connectivity index (χ1n) is 11.4. The van der Waals surface area contributed by atoms with Crippen LogP contribution in [0.3, 0.4) is 0 Å². The maximum atomic E-state index is 13.3. The van der Waals surface area contributed by atoms with Crippen LogP contribution in [0.15, 0.2) is 42.5 Å². The summed E-state index contributed by atoms with van der Waals surface area (Å²) in [6.45, 7) is 9.34. The van der Waals surface area contributed by atoms with Crippen LogP contribution < -0.4 is 14.8 Å². The van der Waals surface area contributed by atoms with Gasteiger partial charge in [0.1, 0.15) is 17.5 Å². The summed E-state index contributed by atoms with van der Waals surface area (Å²) < 4.78 is 10.8. The van der Waals surface area contributed by atoms with E-state index in [0.717, 1.165) is 42.3 Å². The number of benzene rings is 2. The summed E-state index contributed by atoms with van der Waals surface area (Å²) in [5, 5.41) is 2.96. The van der Waals surface area contributed by atoms with Gasteiger partial charge in [0.25, 0.3) is 5.91 Å². The molecule has 7 nitrogen and oxygen atoms in total. The fourth-order valence-electron chi connectivity index (χ4n) is 4.09. The monoisotopic (exact) mass is 453 g/mol. The molecular weight excluding hydrogens is 418 g/mol. The Balaban J connectivity index is 1.60. The van der Waals surface area contributed by atoms with E-state index in [0.29, 0.717) is 18.7 Å². The molecule has 0 aliphatic carbocycles. The average molecular weight is 454 g/mol. The van der Waals surface area contributed by atoms with E-state index in [1.165, 1.54) is 0 Å². The number of amides is 2. The van der Waals surface area contributed by atoms with E-state index >= 15 is 0 Å². The summed E-state index contributed by atoms with van der Waals surface area (Å²) >= 11 is 0. The van der Waals surface area contributed by atoms with Crippen molar-refractivity contribution in [1.82, 2.24) is 15.1 Å². The third-order valence-corrected chi connectivity index (χ3v) is 6.07. The van der Waals surface area contributed by atoms with E-state index in [9.17, 15) is 9.59 Å². The third kappa shape index (κ3) is 6.26. The lowest BCUT2D eigenvalue weighted by Gasteiger charge is -2.37. The van der Waals surface area contributed by atoms with Crippen molar-refractivity contribution in [3.63, 3.8) is 0 Å². The largest absolute Gasteiger partial charge is 0.497 e. The van der Waals surface area contributed by atoms with Gasteiger partial charge in [-0.2, -0.15) is 0 Å². The highest BCUT2D eigenvalue weighted by molar-refractivity contribution is 5.97. The molecule has 1 N–H and O–H groups in total. The SMILES string of the molecule is COc1ccc(OC)c(CN2CCN(C(=O)C(NC(=O)c3cccc(C)c3)C(C)C)CC2)c1. The highest BCUT2D eigenvalue weighted by Crippen LogP contribution is 2.25. The van der Waals surface area contributed by atoms with Crippen LogP contribution >= 0.6 is 0 Å². The number of rotatable bonds is 8. The second-order valence-electron chi connectivity index (χ2n) is 8.84. The predicted molar refractivity (Wildman–Crippen MR) is 129 cm³/mol. The first kappa shape index (κ1) is 24.6. The molecule has 1 fully saturated rings. The van der Waals surface area contributed by atoms with Gasteiger partial charge in [0.15, 0.2) is 0 Å². The number of aryl methyl sites for hydroxylation is 1. The van der Waals surface area contributed by atoms with Crippen molar-refractivity contribution >= 4 is 11.8 Å². The number of carbonyl (C=O) groups is 2. The molecule has 0 radical (unpaired) electrons. The minimum atomic E-state index is -0.553. The maximum Gasteiger partial charge on any atom is 0.251 e. The molecule has 0 bridgehead atoms. The van der Waals surface area contributed by atoms with Crippen LogP contribution in [0.4, 0.5) is 0 Å². The molecule has 2 aromatic rings. The summed E-state index contributed by atoms with van der Waals surface area (Å²) in [4.78, 5) is 30.2. The van der Waals surface area contributed by atoms with Gasteiger partial charge in [-0.15, -0.1) is 0 Å². The molecule has 2 amide bonds. The molecule has 7 heteroatoms. The Bertz CT molecular complexity index is 968. The van der Waals surface area contributed by atoms with Crippen molar-refractivity contribution in [2.45, 2.75) is 33.4 Å². The third-order valence-electron chi connectivity index (χ3n) is 6.07. The summed E-state index contributed by atoms with van der Waals surface area (Å²) in [6.07, 6.45) is 0.